The summed E-state index contributed by atoms with van der Waals surface area (Å²) in [6, 6.07) is 18.3. The van der Waals surface area contributed by atoms with Crippen LogP contribution in [0.3, 0.4) is 0 Å². The van der Waals surface area contributed by atoms with Gasteiger partial charge < -0.3 is 15.4 Å². The quantitative estimate of drug-likeness (QED) is 0.291. The summed E-state index contributed by atoms with van der Waals surface area (Å²) in [5, 5.41) is 5.42. The normalized spacial score (nSPS) is 13.1. The Balaban J connectivity index is 1.50. The number of ether oxygens (including phenoxy) is 1. The van der Waals surface area contributed by atoms with Crippen molar-refractivity contribution in [2.24, 2.45) is 0 Å². The van der Waals surface area contributed by atoms with Gasteiger partial charge in [-0.15, -0.1) is 0 Å². The van der Waals surface area contributed by atoms with Crippen molar-refractivity contribution in [3.63, 3.8) is 0 Å². The Kier molecular flexibility index (Phi) is 7.93. The second-order valence-electron chi connectivity index (χ2n) is 8.80. The van der Waals surface area contributed by atoms with Gasteiger partial charge in [0.2, 0.25) is 0 Å². The average Bonchev–Trinajstić information content (AvgIpc) is 3.11. The van der Waals surface area contributed by atoms with Crippen LogP contribution in [0, 0.1) is 13.8 Å². The van der Waals surface area contributed by atoms with Gasteiger partial charge >= 0.3 is 5.97 Å². The van der Waals surface area contributed by atoms with Crippen LogP contribution in [0.15, 0.2) is 77.5 Å². The van der Waals surface area contributed by atoms with Crippen molar-refractivity contribution in [1.82, 2.24) is 0 Å². The first-order chi connectivity index (χ1) is 18.2. The molecule has 0 radical (unpaired) electrons. The third-order valence-corrected chi connectivity index (χ3v) is 6.17. The molecule has 1 aliphatic heterocycles. The van der Waals surface area contributed by atoms with E-state index >= 15 is 0 Å². The van der Waals surface area contributed by atoms with Gasteiger partial charge in [-0.3, -0.25) is 14.4 Å². The summed E-state index contributed by atoms with van der Waals surface area (Å²) in [6.45, 7) is 5.89. The number of nitrogens with zero attached hydrogens (tertiary/aromatic N) is 1. The number of anilines is 3. The number of benzene rings is 3. The highest BCUT2D eigenvalue weighted by molar-refractivity contribution is 6.53. The lowest BCUT2D eigenvalue weighted by Crippen LogP contribution is -2.33. The van der Waals surface area contributed by atoms with Gasteiger partial charge in [0.05, 0.1) is 17.9 Å². The van der Waals surface area contributed by atoms with E-state index in [1.807, 2.05) is 26.0 Å². The number of hydrogen-bond donors (Lipinski definition) is 2. The Labute approximate surface area is 225 Å². The number of amides is 3. The van der Waals surface area contributed by atoms with Gasteiger partial charge in [0.1, 0.15) is 10.7 Å². The van der Waals surface area contributed by atoms with Gasteiger partial charge in [-0.1, -0.05) is 42.8 Å². The Bertz CT molecular complexity index is 1480. The van der Waals surface area contributed by atoms with Gasteiger partial charge in [0.25, 0.3) is 17.7 Å². The molecule has 0 aromatic heterocycles. The van der Waals surface area contributed by atoms with Crippen LogP contribution in [0.1, 0.15) is 45.2 Å². The van der Waals surface area contributed by atoms with E-state index < -0.39 is 23.7 Å². The number of halogens is 1. The molecule has 3 amide bonds. The fourth-order valence-electron chi connectivity index (χ4n) is 3.88. The second kappa shape index (κ2) is 11.3. The van der Waals surface area contributed by atoms with Crippen LogP contribution < -0.4 is 15.5 Å². The van der Waals surface area contributed by atoms with E-state index in [4.69, 9.17) is 16.3 Å². The van der Waals surface area contributed by atoms with E-state index in [0.717, 1.165) is 16.0 Å². The van der Waals surface area contributed by atoms with E-state index in [9.17, 15) is 19.2 Å². The van der Waals surface area contributed by atoms with Gasteiger partial charge in [0, 0.05) is 16.9 Å². The highest BCUT2D eigenvalue weighted by atomic mass is 35.5. The molecule has 1 aliphatic rings. The van der Waals surface area contributed by atoms with Crippen LogP contribution >= 0.6 is 11.6 Å². The smallest absolute Gasteiger partial charge is 0.338 e. The highest BCUT2D eigenvalue weighted by Gasteiger charge is 2.39. The molecule has 8 nitrogen and oxygen atoms in total. The minimum Gasteiger partial charge on any atom is -0.462 e. The molecule has 2 N–H and O–H groups in total. The van der Waals surface area contributed by atoms with Crippen molar-refractivity contribution in [3.8, 4) is 0 Å². The second-order valence-corrected chi connectivity index (χ2v) is 9.18. The molecule has 1 heterocycles. The molecular weight excluding hydrogens is 506 g/mol. The van der Waals surface area contributed by atoms with E-state index in [-0.39, 0.29) is 16.3 Å². The molecule has 9 heteroatoms. The van der Waals surface area contributed by atoms with Crippen molar-refractivity contribution in [2.75, 3.05) is 22.1 Å². The Morgan fingerprint density at radius 1 is 0.895 bits per heavy atom. The number of esters is 1. The number of hydrogen-bond acceptors (Lipinski definition) is 6. The Morgan fingerprint density at radius 3 is 2.32 bits per heavy atom. The predicted octanol–water partition coefficient (Wildman–Crippen LogP) is 5.56. The highest BCUT2D eigenvalue weighted by Crippen LogP contribution is 2.32. The molecule has 0 saturated heterocycles. The van der Waals surface area contributed by atoms with Crippen LogP contribution in [0.2, 0.25) is 0 Å². The molecule has 0 bridgehead atoms. The fourth-order valence-corrected chi connectivity index (χ4v) is 4.09. The van der Waals surface area contributed by atoms with Crippen molar-refractivity contribution in [2.45, 2.75) is 27.2 Å². The number of carbonyl (C=O) groups is 4. The topological polar surface area (TPSA) is 105 Å². The van der Waals surface area contributed by atoms with E-state index in [2.05, 4.69) is 10.6 Å². The van der Waals surface area contributed by atoms with Gasteiger partial charge in [-0.2, -0.15) is 0 Å². The summed E-state index contributed by atoms with van der Waals surface area (Å²) in [7, 11) is 0. The summed E-state index contributed by atoms with van der Waals surface area (Å²) in [4.78, 5) is 52.2. The van der Waals surface area contributed by atoms with Crippen LogP contribution in [0.4, 0.5) is 17.1 Å². The SMILES string of the molecule is CCCOC(=O)c1cccc(NC(=O)c2cccc(NC3=C(Cl)C(=O)N(c4cc(C)ccc4C)C3=O)c2)c1. The summed E-state index contributed by atoms with van der Waals surface area (Å²) in [6.07, 6.45) is 0.706. The molecule has 0 saturated carbocycles. The zero-order chi connectivity index (χ0) is 27.4. The maximum atomic E-state index is 13.2. The lowest BCUT2D eigenvalue weighted by atomic mass is 10.1. The first-order valence-electron chi connectivity index (χ1n) is 12.0. The zero-order valence-electron chi connectivity index (χ0n) is 21.1. The maximum absolute atomic E-state index is 13.2. The van der Waals surface area contributed by atoms with Gasteiger partial charge in [-0.25, -0.2) is 9.69 Å². The lowest BCUT2D eigenvalue weighted by Gasteiger charge is -2.18. The third-order valence-electron chi connectivity index (χ3n) is 5.82. The standard InChI is InChI=1S/C29H26ClN3O5/c1-4-13-38-29(37)20-8-6-10-22(16-20)32-26(34)19-7-5-9-21(15-19)31-25-24(30)27(35)33(28(25)36)23-14-17(2)11-12-18(23)3/h5-12,14-16,31H,4,13H2,1-3H3,(H,32,34). The summed E-state index contributed by atoms with van der Waals surface area (Å²) in [5.74, 6) is -2.11. The molecule has 0 atom stereocenters. The maximum Gasteiger partial charge on any atom is 0.338 e. The van der Waals surface area contributed by atoms with Gasteiger partial charge in [-0.05, 0) is 73.9 Å². The van der Waals surface area contributed by atoms with Crippen LogP contribution in [0.25, 0.3) is 0 Å². The minimum absolute atomic E-state index is 0.0755. The first-order valence-corrected chi connectivity index (χ1v) is 12.4. The van der Waals surface area contributed by atoms with Crippen LogP contribution in [-0.2, 0) is 14.3 Å². The summed E-state index contributed by atoms with van der Waals surface area (Å²) in [5.41, 5.74) is 3.46. The van der Waals surface area contributed by atoms with Crippen molar-refractivity contribution in [1.29, 1.82) is 0 Å². The van der Waals surface area contributed by atoms with Crippen molar-refractivity contribution >= 4 is 52.4 Å². The van der Waals surface area contributed by atoms with Crippen LogP contribution in [0.5, 0.6) is 0 Å². The number of carbonyl (C=O) groups excluding carboxylic acids is 4. The molecule has 0 unspecified atom stereocenters. The van der Waals surface area contributed by atoms with E-state index in [1.165, 1.54) is 12.1 Å². The Hall–Kier alpha value is -4.43. The summed E-state index contributed by atoms with van der Waals surface area (Å²) >= 11 is 6.28. The molecule has 194 valence electrons. The third kappa shape index (κ3) is 5.60. The number of aryl methyl sites for hydroxylation is 2. The molecule has 4 rings (SSSR count). The molecule has 3 aromatic carbocycles. The molecule has 0 spiro atoms. The minimum atomic E-state index is -0.626. The molecule has 0 fully saturated rings. The molecule has 38 heavy (non-hydrogen) atoms. The van der Waals surface area contributed by atoms with Gasteiger partial charge in [0.15, 0.2) is 0 Å². The molecule has 0 aliphatic carbocycles. The predicted molar refractivity (Wildman–Crippen MR) is 146 cm³/mol. The number of rotatable bonds is 8. The van der Waals surface area contributed by atoms with Crippen molar-refractivity contribution < 1.29 is 23.9 Å². The van der Waals surface area contributed by atoms with E-state index in [0.29, 0.717) is 35.7 Å². The fraction of sp³-hybridized carbons (Fsp3) is 0.172. The van der Waals surface area contributed by atoms with E-state index in [1.54, 1.807) is 49.4 Å². The van der Waals surface area contributed by atoms with Crippen LogP contribution in [-0.4, -0.2) is 30.3 Å². The average molecular weight is 532 g/mol. The Morgan fingerprint density at radius 2 is 1.58 bits per heavy atom. The lowest BCUT2D eigenvalue weighted by molar-refractivity contribution is -0.120. The summed E-state index contributed by atoms with van der Waals surface area (Å²) < 4.78 is 5.14. The monoisotopic (exact) mass is 531 g/mol. The number of nitrogens with one attached hydrogen (secondary N) is 2. The largest absolute Gasteiger partial charge is 0.462 e. The first kappa shape index (κ1) is 26.6. The molecule has 3 aromatic rings. The molecular formula is C29H26ClN3O5. The number of imide groups is 1. The zero-order valence-corrected chi connectivity index (χ0v) is 21.9. The van der Waals surface area contributed by atoms with Crippen molar-refractivity contribution in [3.05, 3.63) is 99.7 Å².